The van der Waals surface area contributed by atoms with Crippen LogP contribution in [0.5, 0.6) is 0 Å². The van der Waals surface area contributed by atoms with Crippen LogP contribution >= 0.6 is 0 Å². The Morgan fingerprint density at radius 2 is 2.08 bits per heavy atom. The molecule has 1 fully saturated rings. The van der Waals surface area contributed by atoms with Crippen molar-refractivity contribution in [3.63, 3.8) is 0 Å². The molecular weight excluding hydrogens is 166 g/mol. The molecule has 2 N–H and O–H groups in total. The summed E-state index contributed by atoms with van der Waals surface area (Å²) >= 11 is 0. The Labute approximate surface area is 67.3 Å². The Morgan fingerprint density at radius 1 is 1.50 bits per heavy atom. The zero-order valence-electron chi connectivity index (χ0n) is 6.23. The van der Waals surface area contributed by atoms with Crippen LogP contribution in [0, 0.1) is 10.1 Å². The lowest BCUT2D eigenvalue weighted by Gasteiger charge is -2.22. The first-order valence-electron chi connectivity index (χ1n) is 3.27. The van der Waals surface area contributed by atoms with Crippen LogP contribution in [0.3, 0.4) is 0 Å². The van der Waals surface area contributed by atoms with Gasteiger partial charge in [-0.05, 0) is 6.92 Å². The van der Waals surface area contributed by atoms with Gasteiger partial charge in [0.1, 0.15) is 6.04 Å². The summed E-state index contributed by atoms with van der Waals surface area (Å²) < 4.78 is 0. The topological polar surface area (TPSA) is 101 Å². The molecule has 0 bridgehead atoms. The van der Waals surface area contributed by atoms with Crippen molar-refractivity contribution in [2.45, 2.75) is 19.0 Å². The van der Waals surface area contributed by atoms with Crippen molar-refractivity contribution >= 4 is 11.9 Å². The van der Waals surface area contributed by atoms with Crippen molar-refractivity contribution in [3.05, 3.63) is 10.1 Å². The summed E-state index contributed by atoms with van der Waals surface area (Å²) in [6.07, 6.45) is 0. The number of amides is 3. The van der Waals surface area contributed by atoms with Gasteiger partial charge in [-0.3, -0.25) is 20.2 Å². The number of carbonyl (C=O) groups is 2. The lowest BCUT2D eigenvalue weighted by Crippen LogP contribution is -2.62. The van der Waals surface area contributed by atoms with Crippen LogP contribution in [0.1, 0.15) is 6.92 Å². The average molecular weight is 173 g/mol. The van der Waals surface area contributed by atoms with E-state index in [0.29, 0.717) is 0 Å². The summed E-state index contributed by atoms with van der Waals surface area (Å²) in [5, 5.41) is 14.3. The third-order valence-electron chi connectivity index (χ3n) is 1.56. The fourth-order valence-corrected chi connectivity index (χ4v) is 1.01. The highest BCUT2D eigenvalue weighted by Crippen LogP contribution is 2.02. The van der Waals surface area contributed by atoms with E-state index in [1.165, 1.54) is 6.92 Å². The van der Waals surface area contributed by atoms with Gasteiger partial charge in [0.15, 0.2) is 0 Å². The fraction of sp³-hybridized carbons (Fsp3) is 0.600. The lowest BCUT2D eigenvalue weighted by atomic mass is 10.1. The number of urea groups is 1. The molecule has 2 unspecified atom stereocenters. The van der Waals surface area contributed by atoms with Crippen LogP contribution in [-0.4, -0.2) is 28.9 Å². The van der Waals surface area contributed by atoms with Gasteiger partial charge in [-0.25, -0.2) is 4.79 Å². The van der Waals surface area contributed by atoms with E-state index in [9.17, 15) is 19.7 Å². The molecule has 0 aromatic carbocycles. The molecule has 1 aliphatic rings. The van der Waals surface area contributed by atoms with Crippen LogP contribution in [-0.2, 0) is 4.79 Å². The number of imide groups is 1. The van der Waals surface area contributed by atoms with Crippen LogP contribution in [0.25, 0.3) is 0 Å². The van der Waals surface area contributed by atoms with Gasteiger partial charge in [0.05, 0.1) is 0 Å². The predicted octanol–water partition coefficient (Wildman–Crippen LogP) is -1.14. The van der Waals surface area contributed by atoms with Gasteiger partial charge in [0.2, 0.25) is 0 Å². The number of nitrogens with one attached hydrogen (secondary N) is 2. The van der Waals surface area contributed by atoms with E-state index in [2.05, 4.69) is 5.32 Å². The lowest BCUT2D eigenvalue weighted by molar-refractivity contribution is -0.511. The van der Waals surface area contributed by atoms with E-state index in [0.717, 1.165) is 0 Å². The number of carbonyl (C=O) groups excluding carboxylic acids is 2. The third-order valence-corrected chi connectivity index (χ3v) is 1.56. The van der Waals surface area contributed by atoms with Gasteiger partial charge < -0.3 is 5.32 Å². The molecular formula is C5H7N3O4. The van der Waals surface area contributed by atoms with Crippen LogP contribution < -0.4 is 10.6 Å². The average Bonchev–Trinajstić information content (AvgIpc) is 1.82. The Hall–Kier alpha value is -1.66. The van der Waals surface area contributed by atoms with Gasteiger partial charge in [-0.15, -0.1) is 0 Å². The Kier molecular flexibility index (Phi) is 1.94. The molecule has 1 rings (SSSR count). The van der Waals surface area contributed by atoms with E-state index in [4.69, 9.17) is 0 Å². The number of nitro groups is 1. The van der Waals surface area contributed by atoms with E-state index in [1.807, 2.05) is 5.32 Å². The summed E-state index contributed by atoms with van der Waals surface area (Å²) in [5.41, 5.74) is 0. The first-order valence-corrected chi connectivity index (χ1v) is 3.27. The molecule has 7 nitrogen and oxygen atoms in total. The number of nitrogens with zero attached hydrogens (tertiary/aromatic N) is 1. The normalized spacial score (nSPS) is 29.1. The molecule has 12 heavy (non-hydrogen) atoms. The first-order chi connectivity index (χ1) is 5.52. The van der Waals surface area contributed by atoms with Crippen molar-refractivity contribution in [2.24, 2.45) is 0 Å². The molecule has 3 amide bonds. The summed E-state index contributed by atoms with van der Waals surface area (Å²) in [4.78, 5) is 31.0. The van der Waals surface area contributed by atoms with E-state index in [1.54, 1.807) is 0 Å². The van der Waals surface area contributed by atoms with Gasteiger partial charge in [0.25, 0.3) is 0 Å². The second-order valence-electron chi connectivity index (χ2n) is 2.48. The maximum atomic E-state index is 10.8. The number of rotatable bonds is 1. The first kappa shape index (κ1) is 8.44. The molecule has 0 aromatic heterocycles. The summed E-state index contributed by atoms with van der Waals surface area (Å²) in [6.45, 7) is 1.41. The molecule has 0 spiro atoms. The van der Waals surface area contributed by atoms with Crippen molar-refractivity contribution in [2.75, 3.05) is 0 Å². The third kappa shape index (κ3) is 1.34. The summed E-state index contributed by atoms with van der Waals surface area (Å²) in [6, 6.07) is -2.84. The molecule has 1 aliphatic heterocycles. The minimum atomic E-state index is -1.39. The molecule has 0 radical (unpaired) electrons. The van der Waals surface area contributed by atoms with Crippen molar-refractivity contribution in [3.8, 4) is 0 Å². The highest BCUT2D eigenvalue weighted by Gasteiger charge is 2.41. The largest absolute Gasteiger partial charge is 0.328 e. The number of hydrogen-bond donors (Lipinski definition) is 2. The second-order valence-corrected chi connectivity index (χ2v) is 2.48. The van der Waals surface area contributed by atoms with Crippen molar-refractivity contribution in [1.29, 1.82) is 0 Å². The molecule has 0 aromatic rings. The van der Waals surface area contributed by atoms with E-state index in [-0.39, 0.29) is 0 Å². The van der Waals surface area contributed by atoms with Crippen LogP contribution in [0.15, 0.2) is 0 Å². The van der Waals surface area contributed by atoms with Crippen molar-refractivity contribution < 1.29 is 14.5 Å². The molecule has 7 heteroatoms. The zero-order chi connectivity index (χ0) is 9.30. The van der Waals surface area contributed by atoms with Gasteiger partial charge >= 0.3 is 18.0 Å². The predicted molar refractivity (Wildman–Crippen MR) is 36.9 cm³/mol. The minimum Gasteiger partial charge on any atom is -0.328 e. The SMILES string of the molecule is CC1NC(=O)NC(=O)C1[N+](=O)[O-]. The monoisotopic (exact) mass is 173 g/mol. The van der Waals surface area contributed by atoms with Gasteiger partial charge in [-0.2, -0.15) is 0 Å². The second kappa shape index (κ2) is 2.76. The number of hydrogen-bond acceptors (Lipinski definition) is 4. The van der Waals surface area contributed by atoms with E-state index >= 15 is 0 Å². The molecule has 66 valence electrons. The Bertz CT molecular complexity index is 251. The highest BCUT2D eigenvalue weighted by atomic mass is 16.6. The van der Waals surface area contributed by atoms with Crippen LogP contribution in [0.2, 0.25) is 0 Å². The molecule has 0 aliphatic carbocycles. The maximum absolute atomic E-state index is 10.8. The molecule has 1 heterocycles. The molecule has 1 saturated heterocycles. The Balaban J connectivity index is 2.80. The standard InChI is InChI=1S/C5H7N3O4/c1-2-3(8(11)12)4(9)7-5(10)6-2/h2-3H,1H3,(H2,6,7,9,10). The fourth-order valence-electron chi connectivity index (χ4n) is 1.01. The van der Waals surface area contributed by atoms with Crippen molar-refractivity contribution in [1.82, 2.24) is 10.6 Å². The molecule has 2 atom stereocenters. The highest BCUT2D eigenvalue weighted by molar-refractivity contribution is 5.99. The van der Waals surface area contributed by atoms with Gasteiger partial charge in [-0.1, -0.05) is 0 Å². The minimum absolute atomic E-state index is 0.689. The summed E-state index contributed by atoms with van der Waals surface area (Å²) in [5.74, 6) is -0.865. The molecule has 0 saturated carbocycles. The van der Waals surface area contributed by atoms with Gasteiger partial charge in [0, 0.05) is 4.92 Å². The van der Waals surface area contributed by atoms with E-state index < -0.39 is 28.9 Å². The summed E-state index contributed by atoms with van der Waals surface area (Å²) in [7, 11) is 0. The smallest absolute Gasteiger partial charge is 0.322 e. The zero-order valence-corrected chi connectivity index (χ0v) is 6.23. The Morgan fingerprint density at radius 3 is 2.50 bits per heavy atom. The quantitative estimate of drug-likeness (QED) is 0.386. The van der Waals surface area contributed by atoms with Crippen LogP contribution in [0.4, 0.5) is 4.79 Å². The maximum Gasteiger partial charge on any atom is 0.322 e.